The van der Waals surface area contributed by atoms with E-state index in [0.29, 0.717) is 11.8 Å². The third kappa shape index (κ3) is 4.43. The zero-order valence-corrected chi connectivity index (χ0v) is 14.2. The fourth-order valence-electron chi connectivity index (χ4n) is 4.07. The summed E-state index contributed by atoms with van der Waals surface area (Å²) in [5.41, 5.74) is -0.0492. The molecule has 122 valence electrons. The second-order valence-corrected chi connectivity index (χ2v) is 7.40. The van der Waals surface area contributed by atoms with Crippen LogP contribution in [0.25, 0.3) is 0 Å². The highest BCUT2D eigenvalue weighted by Gasteiger charge is 2.42. The van der Waals surface area contributed by atoms with Gasteiger partial charge in [-0.2, -0.15) is 0 Å². The molecule has 0 aromatic rings. The van der Waals surface area contributed by atoms with Crippen LogP contribution in [0.1, 0.15) is 46.0 Å². The topological polar surface area (TPSA) is 35.6 Å². The Hall–Kier alpha value is -0.610. The number of rotatable bonds is 6. The molecule has 0 spiro atoms. The first-order valence-corrected chi connectivity index (χ1v) is 8.72. The molecular weight excluding hydrogens is 262 g/mol. The number of amides is 1. The molecule has 1 aliphatic carbocycles. The van der Waals surface area contributed by atoms with Crippen molar-refractivity contribution in [3.8, 4) is 0 Å². The van der Waals surface area contributed by atoms with Crippen molar-refractivity contribution in [1.29, 1.82) is 0 Å². The van der Waals surface area contributed by atoms with E-state index in [1.807, 2.05) is 11.9 Å². The Balaban J connectivity index is 1.87. The second kappa shape index (κ2) is 7.59. The van der Waals surface area contributed by atoms with E-state index < -0.39 is 0 Å². The van der Waals surface area contributed by atoms with Crippen molar-refractivity contribution in [1.82, 2.24) is 15.1 Å². The molecule has 0 aromatic heterocycles. The first kappa shape index (κ1) is 16.8. The summed E-state index contributed by atoms with van der Waals surface area (Å²) < 4.78 is 0. The van der Waals surface area contributed by atoms with E-state index in [0.717, 1.165) is 58.5 Å². The molecule has 4 heteroatoms. The minimum absolute atomic E-state index is 0.0492. The smallest absolute Gasteiger partial charge is 0.228 e. The summed E-state index contributed by atoms with van der Waals surface area (Å²) in [6, 6.07) is 0. The monoisotopic (exact) mass is 295 g/mol. The molecule has 2 aliphatic rings. The molecule has 0 radical (unpaired) electrons. The fraction of sp³-hybridized carbons (Fsp3) is 0.941. The maximum atomic E-state index is 13.0. The molecule has 0 unspecified atom stereocenters. The van der Waals surface area contributed by atoms with Gasteiger partial charge in [0, 0.05) is 51.7 Å². The Morgan fingerprint density at radius 3 is 2.43 bits per heavy atom. The molecule has 1 saturated carbocycles. The molecule has 1 saturated heterocycles. The minimum Gasteiger partial charge on any atom is -0.344 e. The van der Waals surface area contributed by atoms with E-state index >= 15 is 0 Å². The van der Waals surface area contributed by atoms with Crippen molar-refractivity contribution in [2.75, 3.05) is 46.3 Å². The van der Waals surface area contributed by atoms with Gasteiger partial charge in [0.2, 0.25) is 5.91 Å². The van der Waals surface area contributed by atoms with Gasteiger partial charge in [0.05, 0.1) is 0 Å². The molecular formula is C17H33N3O. The Kier molecular flexibility index (Phi) is 6.06. The lowest BCUT2D eigenvalue weighted by molar-refractivity contribution is -0.141. The standard InChI is InChI=1S/C17H33N3O/c1-15(2)14-17(6-4-5-7-17)16(21)19(3)12-13-20-10-8-18-9-11-20/h15,18H,4-14H2,1-3H3. The maximum absolute atomic E-state index is 13.0. The van der Waals surface area contributed by atoms with Crippen molar-refractivity contribution >= 4 is 5.91 Å². The minimum atomic E-state index is -0.0492. The van der Waals surface area contributed by atoms with Crippen LogP contribution in [0.2, 0.25) is 0 Å². The molecule has 0 bridgehead atoms. The van der Waals surface area contributed by atoms with E-state index in [4.69, 9.17) is 0 Å². The number of piperazine rings is 1. The molecule has 21 heavy (non-hydrogen) atoms. The van der Waals surface area contributed by atoms with Crippen LogP contribution in [0.15, 0.2) is 0 Å². The van der Waals surface area contributed by atoms with Crippen LogP contribution in [0.5, 0.6) is 0 Å². The van der Waals surface area contributed by atoms with Gasteiger partial charge in [-0.25, -0.2) is 0 Å². The summed E-state index contributed by atoms with van der Waals surface area (Å²) in [6.45, 7) is 10.8. The first-order valence-electron chi connectivity index (χ1n) is 8.72. The van der Waals surface area contributed by atoms with Crippen LogP contribution in [0.4, 0.5) is 0 Å². The molecule has 0 atom stereocenters. The highest BCUT2D eigenvalue weighted by Crippen LogP contribution is 2.44. The predicted octanol–water partition coefficient (Wildman–Crippen LogP) is 1.96. The van der Waals surface area contributed by atoms with Crippen LogP contribution in [-0.2, 0) is 4.79 Å². The van der Waals surface area contributed by atoms with Crippen LogP contribution >= 0.6 is 0 Å². The number of nitrogens with one attached hydrogen (secondary N) is 1. The van der Waals surface area contributed by atoms with E-state index in [-0.39, 0.29) is 5.41 Å². The number of carbonyl (C=O) groups is 1. The van der Waals surface area contributed by atoms with Crippen molar-refractivity contribution in [3.63, 3.8) is 0 Å². The largest absolute Gasteiger partial charge is 0.344 e. The van der Waals surface area contributed by atoms with Gasteiger partial charge in [-0.1, -0.05) is 26.7 Å². The van der Waals surface area contributed by atoms with Crippen LogP contribution in [0.3, 0.4) is 0 Å². The van der Waals surface area contributed by atoms with Crippen LogP contribution in [0, 0.1) is 11.3 Å². The molecule has 4 nitrogen and oxygen atoms in total. The average Bonchev–Trinajstić information content (AvgIpc) is 2.94. The number of hydrogen-bond donors (Lipinski definition) is 1. The number of likely N-dealkylation sites (N-methyl/N-ethyl adjacent to an activating group) is 1. The van der Waals surface area contributed by atoms with Crippen molar-refractivity contribution in [3.05, 3.63) is 0 Å². The molecule has 2 fully saturated rings. The Morgan fingerprint density at radius 2 is 1.86 bits per heavy atom. The van der Waals surface area contributed by atoms with Crippen molar-refractivity contribution in [2.24, 2.45) is 11.3 Å². The zero-order chi connectivity index (χ0) is 15.3. The Morgan fingerprint density at radius 1 is 1.24 bits per heavy atom. The van der Waals surface area contributed by atoms with Gasteiger partial charge < -0.3 is 10.2 Å². The summed E-state index contributed by atoms with van der Waals surface area (Å²) >= 11 is 0. The summed E-state index contributed by atoms with van der Waals surface area (Å²) in [6.07, 6.45) is 5.71. The summed E-state index contributed by atoms with van der Waals surface area (Å²) in [4.78, 5) is 17.4. The second-order valence-electron chi connectivity index (χ2n) is 7.40. The van der Waals surface area contributed by atoms with Gasteiger partial charge in [-0.05, 0) is 25.2 Å². The molecule has 1 heterocycles. The van der Waals surface area contributed by atoms with Crippen molar-refractivity contribution in [2.45, 2.75) is 46.0 Å². The normalized spacial score (nSPS) is 22.7. The van der Waals surface area contributed by atoms with Gasteiger partial charge in [0.25, 0.3) is 0 Å². The van der Waals surface area contributed by atoms with E-state index in [1.165, 1.54) is 12.8 Å². The van der Waals surface area contributed by atoms with E-state index in [2.05, 4.69) is 24.1 Å². The van der Waals surface area contributed by atoms with Crippen molar-refractivity contribution < 1.29 is 4.79 Å². The van der Waals surface area contributed by atoms with E-state index in [1.54, 1.807) is 0 Å². The predicted molar refractivity (Wildman–Crippen MR) is 87.3 cm³/mol. The van der Waals surface area contributed by atoms with Gasteiger partial charge in [-0.15, -0.1) is 0 Å². The lowest BCUT2D eigenvalue weighted by Gasteiger charge is -2.35. The van der Waals surface area contributed by atoms with Crippen LogP contribution in [-0.4, -0.2) is 62.0 Å². The van der Waals surface area contributed by atoms with Gasteiger partial charge >= 0.3 is 0 Å². The third-order valence-electron chi connectivity index (χ3n) is 5.12. The summed E-state index contributed by atoms with van der Waals surface area (Å²) in [7, 11) is 2.00. The van der Waals surface area contributed by atoms with Gasteiger partial charge in [-0.3, -0.25) is 9.69 Å². The first-order chi connectivity index (χ1) is 10.0. The average molecular weight is 295 g/mol. The lowest BCUT2D eigenvalue weighted by atomic mass is 9.77. The van der Waals surface area contributed by atoms with Gasteiger partial charge in [0.1, 0.15) is 0 Å². The molecule has 1 aliphatic heterocycles. The third-order valence-corrected chi connectivity index (χ3v) is 5.12. The zero-order valence-electron chi connectivity index (χ0n) is 14.2. The fourth-order valence-corrected chi connectivity index (χ4v) is 4.07. The molecule has 1 N–H and O–H groups in total. The molecule has 2 rings (SSSR count). The number of hydrogen-bond acceptors (Lipinski definition) is 3. The van der Waals surface area contributed by atoms with Crippen LogP contribution < -0.4 is 5.32 Å². The summed E-state index contributed by atoms with van der Waals surface area (Å²) in [5.74, 6) is 1.01. The van der Waals surface area contributed by atoms with E-state index in [9.17, 15) is 4.79 Å². The van der Waals surface area contributed by atoms with Gasteiger partial charge in [0.15, 0.2) is 0 Å². The highest BCUT2D eigenvalue weighted by atomic mass is 16.2. The quantitative estimate of drug-likeness (QED) is 0.813. The molecule has 0 aromatic carbocycles. The number of nitrogens with zero attached hydrogens (tertiary/aromatic N) is 2. The summed E-state index contributed by atoms with van der Waals surface area (Å²) in [5, 5.41) is 3.38. The number of carbonyl (C=O) groups excluding carboxylic acids is 1. The lowest BCUT2D eigenvalue weighted by Crippen LogP contribution is -2.48. The Labute approximate surface area is 130 Å². The molecule has 1 amide bonds. The SMILES string of the molecule is CC(C)CC1(C(=O)N(C)CCN2CCNCC2)CCCC1. The maximum Gasteiger partial charge on any atom is 0.228 e. The highest BCUT2D eigenvalue weighted by molar-refractivity contribution is 5.82. The Bertz CT molecular complexity index is 331.